The number of rotatable bonds is 3. The summed E-state index contributed by atoms with van der Waals surface area (Å²) >= 11 is 0. The molecule has 0 spiro atoms. The Kier molecular flexibility index (Phi) is 6.32. The van der Waals surface area contributed by atoms with E-state index in [0.29, 0.717) is 5.69 Å². The van der Waals surface area contributed by atoms with Crippen LogP contribution in [0.2, 0.25) is 0 Å². The third-order valence-electron chi connectivity index (χ3n) is 11.0. The van der Waals surface area contributed by atoms with Gasteiger partial charge in [0.15, 0.2) is 5.69 Å². The lowest BCUT2D eigenvalue weighted by molar-refractivity contribution is 0.661. The second-order valence-corrected chi connectivity index (χ2v) is 14.3. The van der Waals surface area contributed by atoms with Crippen molar-refractivity contribution < 1.29 is 0 Å². The molecule has 0 atom stereocenters. The highest BCUT2D eigenvalue weighted by Crippen LogP contribution is 2.50. The molecule has 9 aromatic rings. The van der Waals surface area contributed by atoms with E-state index in [2.05, 4.69) is 170 Å². The number of aromatic nitrogens is 1. The van der Waals surface area contributed by atoms with Crippen molar-refractivity contribution in [3.8, 4) is 44.6 Å². The third kappa shape index (κ3) is 4.52. The quantitative estimate of drug-likeness (QED) is 0.106. The summed E-state index contributed by atoms with van der Waals surface area (Å²) in [6.07, 6.45) is 0. The van der Waals surface area contributed by atoms with Gasteiger partial charge < -0.3 is 0 Å². The third-order valence-corrected chi connectivity index (χ3v) is 11.0. The fraction of sp³-hybridized carbons (Fsp3) is 0.0612. The van der Waals surface area contributed by atoms with E-state index in [9.17, 15) is 0 Å². The minimum absolute atomic E-state index is 0.175. The maximum atomic E-state index is 7.53. The molecule has 1 heterocycles. The summed E-state index contributed by atoms with van der Waals surface area (Å²) in [5.41, 5.74) is 13.5. The van der Waals surface area contributed by atoms with Gasteiger partial charge in [-0.05, 0) is 96.4 Å². The van der Waals surface area contributed by atoms with E-state index in [4.69, 9.17) is 11.6 Å². The molecule has 0 unspecified atom stereocenters. The van der Waals surface area contributed by atoms with Crippen molar-refractivity contribution in [1.82, 2.24) is 4.98 Å². The number of hydrogen-bond donors (Lipinski definition) is 0. The molecular formula is C49H32N2. The number of pyridine rings is 1. The molecule has 0 aliphatic heterocycles. The van der Waals surface area contributed by atoms with Gasteiger partial charge in [-0.15, -0.1) is 0 Å². The van der Waals surface area contributed by atoms with Gasteiger partial charge in [0.1, 0.15) is 0 Å². The van der Waals surface area contributed by atoms with Crippen LogP contribution in [0.5, 0.6) is 0 Å². The van der Waals surface area contributed by atoms with Gasteiger partial charge in [-0.2, -0.15) is 0 Å². The van der Waals surface area contributed by atoms with Crippen LogP contribution in [0.3, 0.4) is 0 Å². The highest BCUT2D eigenvalue weighted by molar-refractivity contribution is 6.20. The first-order valence-corrected chi connectivity index (χ1v) is 17.5. The predicted octanol–water partition coefficient (Wildman–Crippen LogP) is 13.6. The van der Waals surface area contributed by atoms with Crippen molar-refractivity contribution in [2.75, 3.05) is 0 Å². The molecule has 0 bridgehead atoms. The van der Waals surface area contributed by atoms with Crippen LogP contribution in [0.15, 0.2) is 158 Å². The molecule has 0 amide bonds. The van der Waals surface area contributed by atoms with E-state index < -0.39 is 0 Å². The van der Waals surface area contributed by atoms with Gasteiger partial charge in [0.25, 0.3) is 0 Å². The molecule has 2 nitrogen and oxygen atoms in total. The molecule has 0 fully saturated rings. The van der Waals surface area contributed by atoms with Crippen molar-refractivity contribution >= 4 is 48.9 Å². The fourth-order valence-electron chi connectivity index (χ4n) is 8.33. The summed E-state index contributed by atoms with van der Waals surface area (Å²) in [7, 11) is 0. The number of nitrogens with zero attached hydrogens (tertiary/aromatic N) is 2. The minimum Gasteiger partial charge on any atom is -0.246 e. The monoisotopic (exact) mass is 648 g/mol. The van der Waals surface area contributed by atoms with Gasteiger partial charge in [0.2, 0.25) is 0 Å². The van der Waals surface area contributed by atoms with Crippen molar-refractivity contribution in [3.05, 3.63) is 180 Å². The molecule has 0 saturated heterocycles. The van der Waals surface area contributed by atoms with E-state index in [1.807, 2.05) is 6.07 Å². The Morgan fingerprint density at radius 2 is 1.10 bits per heavy atom. The molecule has 10 rings (SSSR count). The summed E-state index contributed by atoms with van der Waals surface area (Å²) < 4.78 is 0. The lowest BCUT2D eigenvalue weighted by Crippen LogP contribution is -2.14. The Hall–Kier alpha value is -6.56. The Morgan fingerprint density at radius 3 is 1.92 bits per heavy atom. The molecule has 2 heteroatoms. The summed E-state index contributed by atoms with van der Waals surface area (Å²) in [5.74, 6) is 0. The molecule has 0 saturated carbocycles. The largest absolute Gasteiger partial charge is 0.246 e. The highest BCUT2D eigenvalue weighted by atomic mass is 14.7. The zero-order valence-electron chi connectivity index (χ0n) is 28.4. The summed E-state index contributed by atoms with van der Waals surface area (Å²) in [6, 6.07) is 56.9. The fourth-order valence-corrected chi connectivity index (χ4v) is 8.33. The van der Waals surface area contributed by atoms with Crippen molar-refractivity contribution in [3.63, 3.8) is 0 Å². The second kappa shape index (κ2) is 11.0. The van der Waals surface area contributed by atoms with Crippen LogP contribution in [0.4, 0.5) is 5.69 Å². The molecule has 8 aromatic carbocycles. The Bertz CT molecular complexity index is 2950. The van der Waals surface area contributed by atoms with Crippen molar-refractivity contribution in [2.24, 2.45) is 0 Å². The topological polar surface area (TPSA) is 17.2 Å². The lowest BCUT2D eigenvalue weighted by atomic mass is 9.81. The maximum Gasteiger partial charge on any atom is 0.187 e. The van der Waals surface area contributed by atoms with Gasteiger partial charge >= 0.3 is 0 Å². The van der Waals surface area contributed by atoms with E-state index in [-0.39, 0.29) is 5.41 Å². The van der Waals surface area contributed by atoms with Crippen LogP contribution in [0, 0.1) is 6.57 Å². The van der Waals surface area contributed by atoms with E-state index in [1.165, 1.54) is 76.8 Å². The second-order valence-electron chi connectivity index (χ2n) is 14.3. The number of benzene rings is 8. The van der Waals surface area contributed by atoms with Crippen LogP contribution >= 0.6 is 0 Å². The van der Waals surface area contributed by atoms with Gasteiger partial charge in [-0.1, -0.05) is 141 Å². The van der Waals surface area contributed by atoms with E-state index in [1.54, 1.807) is 0 Å². The van der Waals surface area contributed by atoms with Crippen LogP contribution < -0.4 is 0 Å². The van der Waals surface area contributed by atoms with Crippen molar-refractivity contribution in [2.45, 2.75) is 19.3 Å². The molecule has 238 valence electrons. The number of hydrogen-bond acceptors (Lipinski definition) is 1. The predicted molar refractivity (Wildman–Crippen MR) is 214 cm³/mol. The smallest absolute Gasteiger partial charge is 0.187 e. The van der Waals surface area contributed by atoms with Crippen LogP contribution in [-0.4, -0.2) is 4.98 Å². The molecule has 1 aliphatic carbocycles. The Balaban J connectivity index is 1.10. The summed E-state index contributed by atoms with van der Waals surface area (Å²) in [6.45, 7) is 12.1. The SMILES string of the molecule is [C-]#[N+]c1ccc2c(c1)C(C)(C)c1cc(-c3cccc(-c4ccc5cc6c(cc5c4)c(-c4ccccc4)nc4c5ccccc5ccc64)c3)ccc1-2. The van der Waals surface area contributed by atoms with Gasteiger partial charge in [0, 0.05) is 27.1 Å². The van der Waals surface area contributed by atoms with Gasteiger partial charge in [0.05, 0.1) is 17.8 Å². The molecular weight excluding hydrogens is 617 g/mol. The molecule has 51 heavy (non-hydrogen) atoms. The van der Waals surface area contributed by atoms with E-state index in [0.717, 1.165) is 22.2 Å². The van der Waals surface area contributed by atoms with E-state index >= 15 is 0 Å². The normalized spacial score (nSPS) is 13.0. The molecule has 0 radical (unpaired) electrons. The molecule has 0 N–H and O–H groups in total. The van der Waals surface area contributed by atoms with Crippen LogP contribution in [-0.2, 0) is 5.41 Å². The first-order chi connectivity index (χ1) is 25.0. The summed E-state index contributed by atoms with van der Waals surface area (Å²) in [5, 5.41) is 8.34. The highest BCUT2D eigenvalue weighted by Gasteiger charge is 2.35. The first-order valence-electron chi connectivity index (χ1n) is 17.5. The van der Waals surface area contributed by atoms with Gasteiger partial charge in [-0.3, -0.25) is 0 Å². The van der Waals surface area contributed by atoms with Crippen LogP contribution in [0.25, 0.3) is 92.7 Å². The number of fused-ring (bicyclic) bond motifs is 9. The minimum atomic E-state index is -0.175. The lowest BCUT2D eigenvalue weighted by Gasteiger charge is -2.22. The zero-order valence-corrected chi connectivity index (χ0v) is 28.4. The average molecular weight is 649 g/mol. The first kappa shape index (κ1) is 29.4. The summed E-state index contributed by atoms with van der Waals surface area (Å²) in [4.78, 5) is 9.08. The Morgan fingerprint density at radius 1 is 0.451 bits per heavy atom. The zero-order chi connectivity index (χ0) is 34.3. The average Bonchev–Trinajstić information content (AvgIpc) is 3.41. The maximum absolute atomic E-state index is 7.53. The Labute approximate surface area is 297 Å². The molecule has 1 aromatic heterocycles. The standard InChI is InChI=1S/C49H32N2/c1-49(2)45-28-36(19-21-40(45)41-23-20-38(50-3)29-46(41)49)33-14-9-13-32(24-33)34-16-17-35-26-43-42-22-18-30-10-7-8-15-39(30)48(42)51-47(31-11-5-4-6-12-31)44(43)27-37(35)25-34/h4-29H,1-2H3. The van der Waals surface area contributed by atoms with Crippen LogP contribution in [0.1, 0.15) is 25.0 Å². The molecule has 1 aliphatic rings. The van der Waals surface area contributed by atoms with Crippen molar-refractivity contribution in [1.29, 1.82) is 0 Å². The van der Waals surface area contributed by atoms with Gasteiger partial charge in [-0.25, -0.2) is 9.83 Å².